The van der Waals surface area contributed by atoms with Crippen molar-refractivity contribution >= 4 is 23.8 Å². The molecule has 2 heterocycles. The van der Waals surface area contributed by atoms with Crippen LogP contribution in [0.3, 0.4) is 0 Å². The summed E-state index contributed by atoms with van der Waals surface area (Å²) in [6.07, 6.45) is -6.10. The van der Waals surface area contributed by atoms with Crippen molar-refractivity contribution < 1.29 is 59.7 Å². The second-order valence-corrected chi connectivity index (χ2v) is 9.61. The molecule has 5 atom stereocenters. The van der Waals surface area contributed by atoms with Crippen LogP contribution in [-0.4, -0.2) is 195 Å². The second kappa shape index (κ2) is 15.9. The monoisotopic (exact) mass is 565 g/mol. The highest BCUT2D eigenvalue weighted by Gasteiger charge is 2.44. The number of amides is 1. The first kappa shape index (κ1) is 32.7. The number of carbonyl (C=O) groups is 4. The van der Waals surface area contributed by atoms with E-state index in [0.717, 1.165) is 0 Å². The summed E-state index contributed by atoms with van der Waals surface area (Å²) in [4.78, 5) is 53.3. The Hall–Kier alpha value is -2.48. The normalized spacial score (nSPS) is 29.2. The van der Waals surface area contributed by atoms with Crippen LogP contribution in [0.25, 0.3) is 0 Å². The van der Waals surface area contributed by atoms with Gasteiger partial charge in [0.15, 0.2) is 6.29 Å². The smallest absolute Gasteiger partial charge is 0.317 e. The van der Waals surface area contributed by atoms with Crippen molar-refractivity contribution in [3.63, 3.8) is 0 Å². The molecule has 0 aromatic heterocycles. The van der Waals surface area contributed by atoms with E-state index in [0.29, 0.717) is 0 Å². The SMILES string of the molecule is O=C(O)CN1CCN(CC(=O)O)CCN(CC(=O)NC2C(O)[C@H](O)C(CO)O[C@H]2O)CCN(CC(=O)O)CC1. The van der Waals surface area contributed by atoms with E-state index >= 15 is 0 Å². The van der Waals surface area contributed by atoms with Crippen LogP contribution in [0.15, 0.2) is 0 Å². The van der Waals surface area contributed by atoms with Crippen LogP contribution < -0.4 is 5.32 Å². The van der Waals surface area contributed by atoms with Gasteiger partial charge in [0, 0.05) is 52.4 Å². The quantitative estimate of drug-likeness (QED) is 0.123. The molecule has 0 spiro atoms. The van der Waals surface area contributed by atoms with Crippen molar-refractivity contribution in [1.82, 2.24) is 24.9 Å². The fourth-order valence-corrected chi connectivity index (χ4v) is 4.47. The third kappa shape index (κ3) is 11.3. The Morgan fingerprint density at radius 1 is 0.641 bits per heavy atom. The molecular formula is C22H39N5O12. The van der Waals surface area contributed by atoms with Crippen LogP contribution in [0.5, 0.6) is 0 Å². The van der Waals surface area contributed by atoms with Gasteiger partial charge in [-0.2, -0.15) is 0 Å². The highest BCUT2D eigenvalue weighted by molar-refractivity contribution is 5.78. The molecule has 224 valence electrons. The number of nitrogens with one attached hydrogen (secondary N) is 1. The third-order valence-electron chi connectivity index (χ3n) is 6.60. The Morgan fingerprint density at radius 2 is 1.00 bits per heavy atom. The first-order valence-corrected chi connectivity index (χ1v) is 12.5. The molecule has 3 unspecified atom stereocenters. The first-order chi connectivity index (χ1) is 18.4. The van der Waals surface area contributed by atoms with Crippen LogP contribution in [0, 0.1) is 0 Å². The standard InChI is InChI=1S/C22H39N5O12/c28-13-14-20(36)21(37)19(22(38)39-14)23-15(29)9-24-1-3-25(10-16(30)31)5-7-27(12-18(34)35)8-6-26(4-2-24)11-17(32)33/h14,19-22,28,36-38H,1-13H2,(H,23,29)(H,30,31)(H,32,33)(H,34,35)/t14?,19?,20-,21?,22-/m1/s1. The number of rotatable bonds is 10. The van der Waals surface area contributed by atoms with E-state index in [9.17, 15) is 54.9 Å². The van der Waals surface area contributed by atoms with E-state index in [4.69, 9.17) is 4.74 Å². The van der Waals surface area contributed by atoms with Crippen LogP contribution in [0.2, 0.25) is 0 Å². The van der Waals surface area contributed by atoms with Crippen molar-refractivity contribution in [2.75, 3.05) is 85.1 Å². The number of aliphatic hydroxyl groups is 4. The van der Waals surface area contributed by atoms with E-state index in [-0.39, 0.29) is 78.5 Å². The molecule has 2 rings (SSSR count). The molecular weight excluding hydrogens is 526 g/mol. The number of aliphatic carboxylic acids is 3. The maximum absolute atomic E-state index is 12.8. The van der Waals surface area contributed by atoms with Gasteiger partial charge in [-0.25, -0.2) is 0 Å². The highest BCUT2D eigenvalue weighted by atomic mass is 16.6. The lowest BCUT2D eigenvalue weighted by Gasteiger charge is -2.40. The van der Waals surface area contributed by atoms with E-state index in [1.807, 2.05) is 0 Å². The molecule has 1 amide bonds. The van der Waals surface area contributed by atoms with Crippen LogP contribution in [-0.2, 0) is 23.9 Å². The number of hydrogen-bond acceptors (Lipinski definition) is 13. The number of ether oxygens (including phenoxy) is 1. The summed E-state index contributed by atoms with van der Waals surface area (Å²) in [5.41, 5.74) is 0. The van der Waals surface area contributed by atoms with Crippen LogP contribution >= 0.6 is 0 Å². The Balaban J connectivity index is 2.12. The van der Waals surface area contributed by atoms with E-state index in [1.165, 1.54) is 0 Å². The Labute approximate surface area is 224 Å². The van der Waals surface area contributed by atoms with Gasteiger partial charge in [-0.3, -0.25) is 38.8 Å². The number of carboxylic acid groups (broad SMARTS) is 3. The number of carbonyl (C=O) groups excluding carboxylic acids is 1. The van der Waals surface area contributed by atoms with Gasteiger partial charge in [-0.1, -0.05) is 0 Å². The topological polar surface area (TPSA) is 244 Å². The summed E-state index contributed by atoms with van der Waals surface area (Å²) in [7, 11) is 0. The zero-order valence-electron chi connectivity index (χ0n) is 21.5. The maximum Gasteiger partial charge on any atom is 0.317 e. The van der Waals surface area contributed by atoms with Crippen LogP contribution in [0.4, 0.5) is 0 Å². The Kier molecular flexibility index (Phi) is 13.4. The summed E-state index contributed by atoms with van der Waals surface area (Å²) in [5, 5.41) is 69.9. The molecule has 2 aliphatic heterocycles. The average Bonchev–Trinajstić information content (AvgIpc) is 2.84. The molecule has 39 heavy (non-hydrogen) atoms. The molecule has 0 saturated carbocycles. The highest BCUT2D eigenvalue weighted by Crippen LogP contribution is 2.19. The summed E-state index contributed by atoms with van der Waals surface area (Å²) in [5.74, 6) is -3.87. The molecule has 17 nitrogen and oxygen atoms in total. The Morgan fingerprint density at radius 3 is 1.33 bits per heavy atom. The Bertz CT molecular complexity index is 803. The van der Waals surface area contributed by atoms with E-state index in [1.54, 1.807) is 19.6 Å². The average molecular weight is 566 g/mol. The molecule has 0 aromatic rings. The molecule has 2 saturated heterocycles. The molecule has 2 fully saturated rings. The zero-order chi connectivity index (χ0) is 29.1. The van der Waals surface area contributed by atoms with Gasteiger partial charge in [-0.05, 0) is 0 Å². The lowest BCUT2D eigenvalue weighted by molar-refractivity contribution is -0.253. The van der Waals surface area contributed by atoms with E-state index in [2.05, 4.69) is 5.32 Å². The minimum Gasteiger partial charge on any atom is -0.480 e. The fourth-order valence-electron chi connectivity index (χ4n) is 4.47. The molecule has 8 N–H and O–H groups in total. The summed E-state index contributed by atoms with van der Waals surface area (Å²) in [6.45, 7) is -0.121. The van der Waals surface area contributed by atoms with Gasteiger partial charge in [0.2, 0.25) is 5.91 Å². The molecule has 0 aromatic carbocycles. The van der Waals surface area contributed by atoms with Gasteiger partial charge in [0.05, 0.1) is 32.8 Å². The first-order valence-electron chi connectivity index (χ1n) is 12.5. The van der Waals surface area contributed by atoms with Gasteiger partial charge < -0.3 is 45.8 Å². The number of hydrogen-bond donors (Lipinski definition) is 8. The largest absolute Gasteiger partial charge is 0.480 e. The van der Waals surface area contributed by atoms with Gasteiger partial charge in [0.1, 0.15) is 24.4 Å². The van der Waals surface area contributed by atoms with Crippen molar-refractivity contribution in [2.45, 2.75) is 30.6 Å². The lowest BCUT2D eigenvalue weighted by atomic mass is 9.97. The molecule has 0 radical (unpaired) electrons. The molecule has 0 bridgehead atoms. The summed E-state index contributed by atoms with van der Waals surface area (Å²) >= 11 is 0. The van der Waals surface area contributed by atoms with Crippen molar-refractivity contribution in [3.05, 3.63) is 0 Å². The van der Waals surface area contributed by atoms with Gasteiger partial charge in [-0.15, -0.1) is 0 Å². The lowest BCUT2D eigenvalue weighted by Crippen LogP contribution is -2.64. The van der Waals surface area contributed by atoms with Crippen LogP contribution in [0.1, 0.15) is 0 Å². The maximum atomic E-state index is 12.8. The van der Waals surface area contributed by atoms with Gasteiger partial charge >= 0.3 is 17.9 Å². The van der Waals surface area contributed by atoms with Crippen molar-refractivity contribution in [3.8, 4) is 0 Å². The minimum atomic E-state index is -1.69. The van der Waals surface area contributed by atoms with E-state index < -0.39 is 61.1 Å². The second-order valence-electron chi connectivity index (χ2n) is 9.61. The fraction of sp³-hybridized carbons (Fsp3) is 0.818. The third-order valence-corrected chi connectivity index (χ3v) is 6.60. The van der Waals surface area contributed by atoms with Crippen molar-refractivity contribution in [1.29, 1.82) is 0 Å². The van der Waals surface area contributed by atoms with Gasteiger partial charge in [0.25, 0.3) is 0 Å². The molecule has 0 aliphatic carbocycles. The molecule has 17 heteroatoms. The van der Waals surface area contributed by atoms with Crippen molar-refractivity contribution in [2.24, 2.45) is 0 Å². The summed E-state index contributed by atoms with van der Waals surface area (Å²) in [6, 6.07) is -1.38. The predicted molar refractivity (Wildman–Crippen MR) is 131 cm³/mol. The minimum absolute atomic E-state index is 0.196. The number of aliphatic hydroxyl groups excluding tert-OH is 4. The molecule has 2 aliphatic rings. The number of carboxylic acids is 3. The summed E-state index contributed by atoms with van der Waals surface area (Å²) < 4.78 is 5.05. The zero-order valence-corrected chi connectivity index (χ0v) is 21.5. The number of nitrogens with zero attached hydrogens (tertiary/aromatic N) is 4. The predicted octanol–water partition coefficient (Wildman–Crippen LogP) is -5.62.